The quantitative estimate of drug-likeness (QED) is 0.847. The van der Waals surface area contributed by atoms with Crippen LogP contribution in [0.25, 0.3) is 0 Å². The van der Waals surface area contributed by atoms with Crippen LogP contribution in [0.1, 0.15) is 53.6 Å². The van der Waals surface area contributed by atoms with Gasteiger partial charge in [0.25, 0.3) is 5.91 Å². The van der Waals surface area contributed by atoms with E-state index in [1.165, 1.54) is 17.2 Å². The van der Waals surface area contributed by atoms with E-state index in [-0.39, 0.29) is 10.8 Å². The van der Waals surface area contributed by atoms with E-state index in [9.17, 15) is 13.2 Å². The molecule has 5 nitrogen and oxygen atoms in total. The van der Waals surface area contributed by atoms with Gasteiger partial charge in [0.1, 0.15) is 0 Å². The molecule has 1 amide bonds. The largest absolute Gasteiger partial charge is 0.322 e. The maximum absolute atomic E-state index is 13.0. The molecule has 0 radical (unpaired) electrons. The first kappa shape index (κ1) is 19.2. The van der Waals surface area contributed by atoms with Gasteiger partial charge in [0.05, 0.1) is 4.90 Å². The van der Waals surface area contributed by atoms with E-state index in [0.717, 1.165) is 50.6 Å². The number of carbonyl (C=O) groups is 1. The van der Waals surface area contributed by atoms with Crippen molar-refractivity contribution in [1.82, 2.24) is 4.31 Å². The molecular weight excluding hydrogens is 372 g/mol. The van der Waals surface area contributed by atoms with Crippen molar-refractivity contribution < 1.29 is 13.2 Å². The van der Waals surface area contributed by atoms with Crippen LogP contribution in [0.3, 0.4) is 0 Å². The van der Waals surface area contributed by atoms with E-state index in [0.29, 0.717) is 18.7 Å². The topological polar surface area (TPSA) is 66.5 Å². The Bertz CT molecular complexity index is 977. The zero-order chi connectivity index (χ0) is 19.6. The predicted octanol–water partition coefficient (Wildman–Crippen LogP) is 3.99. The zero-order valence-corrected chi connectivity index (χ0v) is 16.8. The van der Waals surface area contributed by atoms with Crippen LogP contribution >= 0.6 is 0 Å². The summed E-state index contributed by atoms with van der Waals surface area (Å²) in [6.07, 6.45) is 7.20. The summed E-state index contributed by atoms with van der Waals surface area (Å²) in [6.45, 7) is 1.10. The minimum Gasteiger partial charge on any atom is -0.322 e. The lowest BCUT2D eigenvalue weighted by atomic mass is 10.1. The maximum Gasteiger partial charge on any atom is 0.255 e. The van der Waals surface area contributed by atoms with Gasteiger partial charge in [-0.05, 0) is 73.6 Å². The predicted molar refractivity (Wildman–Crippen MR) is 110 cm³/mol. The summed E-state index contributed by atoms with van der Waals surface area (Å²) in [7, 11) is -3.57. The fourth-order valence-electron chi connectivity index (χ4n) is 4.08. The Kier molecular flexibility index (Phi) is 5.51. The Morgan fingerprint density at radius 3 is 2.39 bits per heavy atom. The first-order valence-electron chi connectivity index (χ1n) is 10.1. The van der Waals surface area contributed by atoms with E-state index in [1.807, 2.05) is 12.1 Å². The van der Waals surface area contributed by atoms with Gasteiger partial charge < -0.3 is 5.32 Å². The number of hydrogen-bond acceptors (Lipinski definition) is 3. The lowest BCUT2D eigenvalue weighted by Gasteiger charge is -2.20. The van der Waals surface area contributed by atoms with Crippen molar-refractivity contribution in [2.24, 2.45) is 0 Å². The molecule has 0 atom stereocenters. The van der Waals surface area contributed by atoms with Crippen molar-refractivity contribution in [3.63, 3.8) is 0 Å². The normalized spacial score (nSPS) is 17.7. The molecule has 1 fully saturated rings. The van der Waals surface area contributed by atoms with Crippen LogP contribution in [0.5, 0.6) is 0 Å². The Morgan fingerprint density at radius 2 is 1.61 bits per heavy atom. The number of amides is 1. The lowest BCUT2D eigenvalue weighted by molar-refractivity contribution is 0.102. The smallest absolute Gasteiger partial charge is 0.255 e. The van der Waals surface area contributed by atoms with Gasteiger partial charge in [-0.25, -0.2) is 8.42 Å². The number of nitrogens with one attached hydrogen (secondary N) is 1. The van der Waals surface area contributed by atoms with Crippen LogP contribution in [0.4, 0.5) is 5.69 Å². The number of aryl methyl sites for hydroxylation is 2. The number of nitrogens with zero attached hydrogens (tertiary/aromatic N) is 1. The highest BCUT2D eigenvalue weighted by atomic mass is 32.2. The maximum atomic E-state index is 13.0. The van der Waals surface area contributed by atoms with Crippen molar-refractivity contribution in [2.75, 3.05) is 18.4 Å². The standard InChI is InChI=1S/C22H26N2O3S/c25-22(23-20-12-11-17-7-5-8-18(17)15-20)19-9-6-10-21(16-19)28(26,27)24-13-3-1-2-4-14-24/h6,9-12,15-16H,1-5,7-8,13-14H2,(H,23,25). The molecule has 1 aliphatic heterocycles. The highest BCUT2D eigenvalue weighted by molar-refractivity contribution is 7.89. The van der Waals surface area contributed by atoms with Crippen LogP contribution < -0.4 is 5.32 Å². The van der Waals surface area contributed by atoms with Crippen LogP contribution in [0, 0.1) is 0 Å². The molecule has 2 aliphatic rings. The molecule has 28 heavy (non-hydrogen) atoms. The molecule has 0 unspecified atom stereocenters. The van der Waals surface area contributed by atoms with Crippen LogP contribution in [-0.2, 0) is 22.9 Å². The van der Waals surface area contributed by atoms with Crippen molar-refractivity contribution in [3.8, 4) is 0 Å². The van der Waals surface area contributed by atoms with Crippen molar-refractivity contribution in [1.29, 1.82) is 0 Å². The molecule has 1 heterocycles. The van der Waals surface area contributed by atoms with Gasteiger partial charge in [-0.1, -0.05) is 25.0 Å². The summed E-state index contributed by atoms with van der Waals surface area (Å²) in [5.41, 5.74) is 3.75. The van der Waals surface area contributed by atoms with Gasteiger partial charge in [-0.2, -0.15) is 4.31 Å². The van der Waals surface area contributed by atoms with Crippen LogP contribution in [0.15, 0.2) is 47.4 Å². The van der Waals surface area contributed by atoms with Crippen molar-refractivity contribution in [3.05, 3.63) is 59.2 Å². The highest BCUT2D eigenvalue weighted by Gasteiger charge is 2.25. The third-order valence-corrected chi connectivity index (χ3v) is 7.55. The number of anilines is 1. The molecule has 1 N–H and O–H groups in total. The molecule has 2 aromatic carbocycles. The van der Waals surface area contributed by atoms with Crippen LogP contribution in [-0.4, -0.2) is 31.7 Å². The summed E-state index contributed by atoms with van der Waals surface area (Å²) >= 11 is 0. The lowest BCUT2D eigenvalue weighted by Crippen LogP contribution is -2.32. The molecular formula is C22H26N2O3S. The van der Waals surface area contributed by atoms with Gasteiger partial charge >= 0.3 is 0 Å². The first-order chi connectivity index (χ1) is 13.5. The number of benzene rings is 2. The van der Waals surface area contributed by atoms with E-state index >= 15 is 0 Å². The molecule has 2 aromatic rings. The molecule has 1 aliphatic carbocycles. The minimum absolute atomic E-state index is 0.191. The number of fused-ring (bicyclic) bond motifs is 1. The van der Waals surface area contributed by atoms with Crippen molar-refractivity contribution >= 4 is 21.6 Å². The second kappa shape index (κ2) is 8.05. The number of carbonyl (C=O) groups excluding carboxylic acids is 1. The summed E-state index contributed by atoms with van der Waals surface area (Å²) in [5.74, 6) is -0.286. The average molecular weight is 399 g/mol. The van der Waals surface area contributed by atoms with E-state index in [4.69, 9.17) is 0 Å². The third-order valence-electron chi connectivity index (χ3n) is 5.66. The second-order valence-corrected chi connectivity index (χ2v) is 9.58. The number of hydrogen-bond donors (Lipinski definition) is 1. The third kappa shape index (κ3) is 3.98. The molecule has 148 valence electrons. The van der Waals surface area contributed by atoms with Crippen LogP contribution in [0.2, 0.25) is 0 Å². The van der Waals surface area contributed by atoms with Crippen molar-refractivity contribution in [2.45, 2.75) is 49.8 Å². The Labute approximate surface area is 166 Å². The minimum atomic E-state index is -3.57. The molecule has 0 saturated carbocycles. The van der Waals surface area contributed by atoms with Gasteiger partial charge in [-0.15, -0.1) is 0 Å². The Hall–Kier alpha value is -2.18. The fourth-order valence-corrected chi connectivity index (χ4v) is 5.65. The fraction of sp³-hybridized carbons (Fsp3) is 0.409. The molecule has 1 saturated heterocycles. The number of sulfonamides is 1. The first-order valence-corrected chi connectivity index (χ1v) is 11.5. The average Bonchev–Trinajstić information content (AvgIpc) is 2.98. The molecule has 0 aromatic heterocycles. The number of rotatable bonds is 4. The molecule has 4 rings (SSSR count). The Balaban J connectivity index is 1.53. The summed E-state index contributed by atoms with van der Waals surface area (Å²) < 4.78 is 27.5. The summed E-state index contributed by atoms with van der Waals surface area (Å²) in [6, 6.07) is 12.4. The van der Waals surface area contributed by atoms with E-state index < -0.39 is 10.0 Å². The van der Waals surface area contributed by atoms with Gasteiger partial charge in [-0.3, -0.25) is 4.79 Å². The summed E-state index contributed by atoms with van der Waals surface area (Å²) in [5, 5.41) is 2.91. The monoisotopic (exact) mass is 398 g/mol. The molecule has 6 heteroatoms. The second-order valence-electron chi connectivity index (χ2n) is 7.64. The van der Waals surface area contributed by atoms with E-state index in [2.05, 4.69) is 11.4 Å². The van der Waals surface area contributed by atoms with E-state index in [1.54, 1.807) is 22.5 Å². The van der Waals surface area contributed by atoms with Gasteiger partial charge in [0.2, 0.25) is 10.0 Å². The molecule has 0 spiro atoms. The Morgan fingerprint density at radius 1 is 0.857 bits per heavy atom. The molecule has 0 bridgehead atoms. The van der Waals surface area contributed by atoms with Gasteiger partial charge in [0, 0.05) is 24.3 Å². The highest BCUT2D eigenvalue weighted by Crippen LogP contribution is 2.26. The SMILES string of the molecule is O=C(Nc1ccc2c(c1)CCC2)c1cccc(S(=O)(=O)N2CCCCCC2)c1. The van der Waals surface area contributed by atoms with Gasteiger partial charge in [0.15, 0.2) is 0 Å². The zero-order valence-electron chi connectivity index (χ0n) is 16.0. The summed E-state index contributed by atoms with van der Waals surface area (Å²) in [4.78, 5) is 12.9.